The minimum Gasteiger partial charge on any atom is -0.465 e. The molecular weight excluding hydrogens is 282 g/mol. The van der Waals surface area contributed by atoms with Crippen molar-refractivity contribution in [2.75, 3.05) is 19.9 Å². The van der Waals surface area contributed by atoms with E-state index in [1.54, 1.807) is 13.8 Å². The Morgan fingerprint density at radius 1 is 1.05 bits per heavy atom. The Morgan fingerprint density at radius 3 is 1.90 bits per heavy atom. The van der Waals surface area contributed by atoms with Gasteiger partial charge in [0.05, 0.1) is 19.9 Å². The largest absolute Gasteiger partial charge is 0.465 e. The van der Waals surface area contributed by atoms with Crippen molar-refractivity contribution in [2.45, 2.75) is 25.7 Å². The molecule has 0 heterocycles. The molecule has 0 aliphatic heterocycles. The van der Waals surface area contributed by atoms with E-state index in [9.17, 15) is 18.4 Å². The van der Waals surface area contributed by atoms with E-state index in [-0.39, 0.29) is 18.8 Å². The third-order valence-corrected chi connectivity index (χ3v) is 3.05. The first kappa shape index (κ1) is 17.1. The summed E-state index contributed by atoms with van der Waals surface area (Å²) in [5.41, 5.74) is -1.76. The van der Waals surface area contributed by atoms with Gasteiger partial charge in [0.15, 0.2) is 5.41 Å². The molecule has 0 N–H and O–H groups in total. The fourth-order valence-electron chi connectivity index (χ4n) is 2.05. The molecule has 0 saturated carbocycles. The zero-order valence-corrected chi connectivity index (χ0v) is 12.0. The standard InChI is InChI=1S/C15H18F2O4/c1-3-20-13(18)15(9-10-16,14(19)21-4-2)11-5-7-12(17)8-6-11/h5-8H,3-4,9-10H2,1-2H3. The Morgan fingerprint density at radius 2 is 1.52 bits per heavy atom. The average molecular weight is 300 g/mol. The number of rotatable bonds is 7. The molecule has 0 unspecified atom stereocenters. The quantitative estimate of drug-likeness (QED) is 0.573. The molecule has 4 nitrogen and oxygen atoms in total. The molecule has 0 aliphatic rings. The number of carbonyl (C=O) groups excluding carboxylic acids is 2. The fraction of sp³-hybridized carbons (Fsp3) is 0.467. The third kappa shape index (κ3) is 3.56. The molecule has 0 bridgehead atoms. The van der Waals surface area contributed by atoms with Crippen molar-refractivity contribution in [1.29, 1.82) is 0 Å². The van der Waals surface area contributed by atoms with Crippen molar-refractivity contribution in [3.05, 3.63) is 35.6 Å². The molecule has 0 fully saturated rings. The van der Waals surface area contributed by atoms with E-state index in [0.717, 1.165) is 12.1 Å². The second kappa shape index (κ2) is 7.71. The Hall–Kier alpha value is -1.98. The van der Waals surface area contributed by atoms with Crippen molar-refractivity contribution in [3.8, 4) is 0 Å². The molecule has 6 heteroatoms. The van der Waals surface area contributed by atoms with Crippen LogP contribution in [0, 0.1) is 5.82 Å². The maximum atomic E-state index is 13.1. The van der Waals surface area contributed by atoms with Crippen molar-refractivity contribution in [3.63, 3.8) is 0 Å². The average Bonchev–Trinajstić information content (AvgIpc) is 2.46. The molecule has 1 rings (SSSR count). The number of hydrogen-bond donors (Lipinski definition) is 0. The van der Waals surface area contributed by atoms with Gasteiger partial charge in [-0.25, -0.2) is 4.39 Å². The normalized spacial score (nSPS) is 11.0. The minimum atomic E-state index is -1.91. The van der Waals surface area contributed by atoms with Crippen LogP contribution < -0.4 is 0 Å². The molecule has 0 saturated heterocycles. The highest BCUT2D eigenvalue weighted by molar-refractivity contribution is 6.06. The van der Waals surface area contributed by atoms with Crippen molar-refractivity contribution < 1.29 is 27.8 Å². The summed E-state index contributed by atoms with van der Waals surface area (Å²) in [4.78, 5) is 24.5. The maximum Gasteiger partial charge on any atom is 0.328 e. The van der Waals surface area contributed by atoms with Gasteiger partial charge in [-0.1, -0.05) is 12.1 Å². The van der Waals surface area contributed by atoms with Crippen LogP contribution in [-0.2, 0) is 24.5 Å². The summed E-state index contributed by atoms with van der Waals surface area (Å²) in [5.74, 6) is -2.32. The second-order valence-electron chi connectivity index (χ2n) is 4.29. The van der Waals surface area contributed by atoms with Gasteiger partial charge in [0, 0.05) is 6.42 Å². The number of alkyl halides is 1. The number of ether oxygens (including phenoxy) is 2. The van der Waals surface area contributed by atoms with Gasteiger partial charge in [0.1, 0.15) is 5.82 Å². The summed E-state index contributed by atoms with van der Waals surface area (Å²) < 4.78 is 35.8. The first-order valence-corrected chi connectivity index (χ1v) is 6.69. The predicted octanol–water partition coefficient (Wildman–Crippen LogP) is 2.55. The van der Waals surface area contributed by atoms with E-state index in [1.807, 2.05) is 0 Å². The highest BCUT2D eigenvalue weighted by Gasteiger charge is 2.50. The van der Waals surface area contributed by atoms with Crippen LogP contribution >= 0.6 is 0 Å². The summed E-state index contributed by atoms with van der Waals surface area (Å²) in [6.07, 6.45) is -0.420. The van der Waals surface area contributed by atoms with Gasteiger partial charge in [-0.05, 0) is 31.5 Å². The van der Waals surface area contributed by atoms with Gasteiger partial charge in [-0.15, -0.1) is 0 Å². The summed E-state index contributed by atoms with van der Waals surface area (Å²) in [6.45, 7) is 2.30. The molecule has 0 spiro atoms. The van der Waals surface area contributed by atoms with Gasteiger partial charge in [-0.2, -0.15) is 0 Å². The Kier molecular flexibility index (Phi) is 6.27. The Bertz CT molecular complexity index is 467. The van der Waals surface area contributed by atoms with E-state index in [1.165, 1.54) is 12.1 Å². The highest BCUT2D eigenvalue weighted by atomic mass is 19.1. The summed E-state index contributed by atoms with van der Waals surface area (Å²) in [6, 6.07) is 4.72. The molecule has 0 atom stereocenters. The van der Waals surface area contributed by atoms with E-state index < -0.39 is 36.3 Å². The van der Waals surface area contributed by atoms with Crippen LogP contribution in [0.4, 0.5) is 8.78 Å². The topological polar surface area (TPSA) is 52.6 Å². The van der Waals surface area contributed by atoms with E-state index >= 15 is 0 Å². The Labute approximate surface area is 122 Å². The van der Waals surface area contributed by atoms with Gasteiger partial charge in [0.25, 0.3) is 0 Å². The molecule has 1 aromatic carbocycles. The number of carbonyl (C=O) groups is 2. The number of benzene rings is 1. The predicted molar refractivity (Wildman–Crippen MR) is 71.9 cm³/mol. The van der Waals surface area contributed by atoms with E-state index in [4.69, 9.17) is 9.47 Å². The number of hydrogen-bond acceptors (Lipinski definition) is 4. The van der Waals surface area contributed by atoms with E-state index in [0.29, 0.717) is 0 Å². The highest BCUT2D eigenvalue weighted by Crippen LogP contribution is 2.32. The van der Waals surface area contributed by atoms with Crippen LogP contribution in [0.15, 0.2) is 24.3 Å². The molecule has 1 aromatic rings. The van der Waals surface area contributed by atoms with Gasteiger partial charge >= 0.3 is 11.9 Å². The molecule has 0 radical (unpaired) electrons. The van der Waals surface area contributed by atoms with Gasteiger partial charge in [0.2, 0.25) is 0 Å². The first-order chi connectivity index (χ1) is 10.0. The summed E-state index contributed by atoms with van der Waals surface area (Å²) in [7, 11) is 0. The fourth-order valence-corrected chi connectivity index (χ4v) is 2.05. The smallest absolute Gasteiger partial charge is 0.328 e. The molecule has 0 aliphatic carbocycles. The van der Waals surface area contributed by atoms with Crippen molar-refractivity contribution >= 4 is 11.9 Å². The molecule has 0 amide bonds. The third-order valence-electron chi connectivity index (χ3n) is 3.05. The van der Waals surface area contributed by atoms with E-state index in [2.05, 4.69) is 0 Å². The van der Waals surface area contributed by atoms with Crippen molar-refractivity contribution in [1.82, 2.24) is 0 Å². The number of esters is 2. The molecule has 21 heavy (non-hydrogen) atoms. The van der Waals surface area contributed by atoms with Crippen LogP contribution in [0.2, 0.25) is 0 Å². The number of halogens is 2. The lowest BCUT2D eigenvalue weighted by atomic mass is 9.77. The molecular formula is C15H18F2O4. The zero-order valence-electron chi connectivity index (χ0n) is 12.0. The lowest BCUT2D eigenvalue weighted by molar-refractivity contribution is -0.165. The van der Waals surface area contributed by atoms with Gasteiger partial charge < -0.3 is 9.47 Å². The van der Waals surface area contributed by atoms with Crippen LogP contribution in [0.25, 0.3) is 0 Å². The van der Waals surface area contributed by atoms with Crippen LogP contribution in [0.1, 0.15) is 25.8 Å². The monoisotopic (exact) mass is 300 g/mol. The first-order valence-electron chi connectivity index (χ1n) is 6.69. The minimum absolute atomic E-state index is 0.0352. The SMILES string of the molecule is CCOC(=O)C(CCF)(C(=O)OCC)c1ccc(F)cc1. The summed E-state index contributed by atoms with van der Waals surface area (Å²) in [5, 5.41) is 0. The van der Waals surface area contributed by atoms with Crippen molar-refractivity contribution in [2.24, 2.45) is 0 Å². The lowest BCUT2D eigenvalue weighted by Crippen LogP contribution is -2.46. The Balaban J connectivity index is 3.38. The van der Waals surface area contributed by atoms with Gasteiger partial charge in [-0.3, -0.25) is 14.0 Å². The van der Waals surface area contributed by atoms with Crippen LogP contribution in [-0.4, -0.2) is 31.8 Å². The molecule has 0 aromatic heterocycles. The summed E-state index contributed by atoms with van der Waals surface area (Å²) >= 11 is 0. The maximum absolute atomic E-state index is 13.1. The molecule has 116 valence electrons. The lowest BCUT2D eigenvalue weighted by Gasteiger charge is -2.28. The van der Waals surface area contributed by atoms with Crippen LogP contribution in [0.5, 0.6) is 0 Å². The second-order valence-corrected chi connectivity index (χ2v) is 4.29. The zero-order chi connectivity index (χ0) is 15.9. The van der Waals surface area contributed by atoms with Crippen LogP contribution in [0.3, 0.4) is 0 Å².